The van der Waals surface area contributed by atoms with Gasteiger partial charge in [-0.1, -0.05) is 13.8 Å². The number of hydrogen-bond acceptors (Lipinski definition) is 3. The van der Waals surface area contributed by atoms with E-state index < -0.39 is 0 Å². The zero-order valence-electron chi connectivity index (χ0n) is 9.70. The lowest BCUT2D eigenvalue weighted by atomic mass is 10.3. The van der Waals surface area contributed by atoms with Crippen LogP contribution in [0.1, 0.15) is 45.4 Å². The van der Waals surface area contributed by atoms with Crippen LogP contribution in [0, 0.1) is 6.92 Å². The molecule has 0 aliphatic heterocycles. The Morgan fingerprint density at radius 3 is 2.36 bits per heavy atom. The lowest BCUT2D eigenvalue weighted by molar-refractivity contribution is 0.509. The van der Waals surface area contributed by atoms with E-state index in [2.05, 4.69) is 47.8 Å². The summed E-state index contributed by atoms with van der Waals surface area (Å²) in [6.07, 6.45) is 0. The van der Waals surface area contributed by atoms with E-state index in [0.29, 0.717) is 12.1 Å². The third-order valence-corrected chi connectivity index (χ3v) is 2.12. The van der Waals surface area contributed by atoms with E-state index in [1.54, 1.807) is 0 Å². The average molecular weight is 196 g/mol. The highest BCUT2D eigenvalue weighted by molar-refractivity contribution is 4.95. The van der Waals surface area contributed by atoms with Gasteiger partial charge in [0.15, 0.2) is 0 Å². The topological polar surface area (TPSA) is 42.7 Å². The van der Waals surface area contributed by atoms with E-state index in [9.17, 15) is 0 Å². The van der Waals surface area contributed by atoms with Crippen molar-refractivity contribution in [3.05, 3.63) is 11.6 Å². The monoisotopic (exact) mass is 196 g/mol. The van der Waals surface area contributed by atoms with E-state index in [1.165, 1.54) is 0 Å². The SMILES string of the molecule is Cc1nnc(CNC(C)C)n1C(C)C. The summed E-state index contributed by atoms with van der Waals surface area (Å²) < 4.78 is 2.16. The molecule has 1 aromatic rings. The van der Waals surface area contributed by atoms with E-state index in [4.69, 9.17) is 0 Å². The first-order chi connectivity index (χ1) is 6.52. The maximum absolute atomic E-state index is 4.16. The van der Waals surface area contributed by atoms with Crippen LogP contribution in [0.4, 0.5) is 0 Å². The lowest BCUT2D eigenvalue weighted by Gasteiger charge is -2.13. The number of rotatable bonds is 4. The first-order valence-corrected chi connectivity index (χ1v) is 5.16. The van der Waals surface area contributed by atoms with Crippen LogP contribution in [-0.2, 0) is 6.54 Å². The molecule has 1 heterocycles. The largest absolute Gasteiger partial charge is 0.312 e. The third kappa shape index (κ3) is 2.54. The summed E-state index contributed by atoms with van der Waals surface area (Å²) in [4.78, 5) is 0. The molecule has 0 radical (unpaired) electrons. The molecule has 0 spiro atoms. The van der Waals surface area contributed by atoms with Gasteiger partial charge in [-0.15, -0.1) is 10.2 Å². The highest BCUT2D eigenvalue weighted by atomic mass is 15.3. The highest BCUT2D eigenvalue weighted by Crippen LogP contribution is 2.10. The number of hydrogen-bond donors (Lipinski definition) is 1. The van der Waals surface area contributed by atoms with Gasteiger partial charge in [-0.25, -0.2) is 0 Å². The fourth-order valence-electron chi connectivity index (χ4n) is 1.50. The van der Waals surface area contributed by atoms with E-state index in [1.807, 2.05) is 6.92 Å². The van der Waals surface area contributed by atoms with Gasteiger partial charge in [-0.3, -0.25) is 0 Å². The quantitative estimate of drug-likeness (QED) is 0.796. The lowest BCUT2D eigenvalue weighted by Crippen LogP contribution is -2.24. The van der Waals surface area contributed by atoms with Gasteiger partial charge < -0.3 is 9.88 Å². The Labute approximate surface area is 85.7 Å². The fourth-order valence-corrected chi connectivity index (χ4v) is 1.50. The van der Waals surface area contributed by atoms with E-state index in [-0.39, 0.29) is 0 Å². The summed E-state index contributed by atoms with van der Waals surface area (Å²) in [6.45, 7) is 11.3. The van der Waals surface area contributed by atoms with Crippen LogP contribution in [-0.4, -0.2) is 20.8 Å². The normalized spacial score (nSPS) is 11.6. The predicted octanol–water partition coefficient (Wildman–Crippen LogP) is 1.67. The summed E-state index contributed by atoms with van der Waals surface area (Å²) in [5.41, 5.74) is 0. The first-order valence-electron chi connectivity index (χ1n) is 5.16. The zero-order chi connectivity index (χ0) is 10.7. The Morgan fingerprint density at radius 1 is 1.21 bits per heavy atom. The van der Waals surface area contributed by atoms with Gasteiger partial charge in [-0.2, -0.15) is 0 Å². The first kappa shape index (κ1) is 11.2. The van der Waals surface area contributed by atoms with Gasteiger partial charge in [0.25, 0.3) is 0 Å². The van der Waals surface area contributed by atoms with Crippen LogP contribution in [0.2, 0.25) is 0 Å². The maximum Gasteiger partial charge on any atom is 0.147 e. The van der Waals surface area contributed by atoms with Gasteiger partial charge >= 0.3 is 0 Å². The van der Waals surface area contributed by atoms with E-state index >= 15 is 0 Å². The van der Waals surface area contributed by atoms with Crippen molar-refractivity contribution in [3.63, 3.8) is 0 Å². The van der Waals surface area contributed by atoms with Crippen molar-refractivity contribution >= 4 is 0 Å². The van der Waals surface area contributed by atoms with Gasteiger partial charge in [0.1, 0.15) is 11.6 Å². The molecule has 0 fully saturated rings. The molecular weight excluding hydrogens is 176 g/mol. The van der Waals surface area contributed by atoms with Crippen molar-refractivity contribution in [1.82, 2.24) is 20.1 Å². The van der Waals surface area contributed by atoms with Crippen molar-refractivity contribution in [2.45, 2.75) is 53.2 Å². The molecule has 0 amide bonds. The minimum atomic E-state index is 0.425. The Morgan fingerprint density at radius 2 is 1.86 bits per heavy atom. The van der Waals surface area contributed by atoms with Crippen LogP contribution in [0.25, 0.3) is 0 Å². The van der Waals surface area contributed by atoms with Crippen LogP contribution >= 0.6 is 0 Å². The molecule has 0 unspecified atom stereocenters. The highest BCUT2D eigenvalue weighted by Gasteiger charge is 2.10. The summed E-state index contributed by atoms with van der Waals surface area (Å²) in [5, 5.41) is 11.6. The average Bonchev–Trinajstić information content (AvgIpc) is 2.43. The van der Waals surface area contributed by atoms with Crippen LogP contribution in [0.5, 0.6) is 0 Å². The van der Waals surface area contributed by atoms with Crippen molar-refractivity contribution in [1.29, 1.82) is 0 Å². The molecule has 80 valence electrons. The fraction of sp³-hybridized carbons (Fsp3) is 0.800. The number of aryl methyl sites for hydroxylation is 1. The molecular formula is C10H20N4. The van der Waals surface area contributed by atoms with Gasteiger partial charge in [0, 0.05) is 12.1 Å². The molecule has 4 heteroatoms. The molecule has 14 heavy (non-hydrogen) atoms. The predicted molar refractivity (Wildman–Crippen MR) is 57.1 cm³/mol. The maximum atomic E-state index is 4.16. The minimum absolute atomic E-state index is 0.425. The molecule has 0 saturated carbocycles. The summed E-state index contributed by atoms with van der Waals surface area (Å²) >= 11 is 0. The Bertz CT molecular complexity index is 288. The number of nitrogens with zero attached hydrogens (tertiary/aromatic N) is 3. The molecule has 0 bridgehead atoms. The van der Waals surface area contributed by atoms with Gasteiger partial charge in [0.05, 0.1) is 6.54 Å². The molecule has 0 atom stereocenters. The van der Waals surface area contributed by atoms with Crippen molar-refractivity contribution in [3.8, 4) is 0 Å². The standard InChI is InChI=1S/C10H20N4/c1-7(2)11-6-10-13-12-9(5)14(10)8(3)4/h7-8,11H,6H2,1-5H3. The Balaban J connectivity index is 2.76. The smallest absolute Gasteiger partial charge is 0.147 e. The minimum Gasteiger partial charge on any atom is -0.312 e. The molecule has 1 aromatic heterocycles. The Hall–Kier alpha value is -0.900. The zero-order valence-corrected chi connectivity index (χ0v) is 9.70. The summed E-state index contributed by atoms with van der Waals surface area (Å²) in [7, 11) is 0. The van der Waals surface area contributed by atoms with E-state index in [0.717, 1.165) is 18.2 Å². The molecule has 0 aliphatic carbocycles. The molecule has 0 aromatic carbocycles. The Kier molecular flexibility index (Phi) is 3.63. The van der Waals surface area contributed by atoms with Crippen LogP contribution < -0.4 is 5.32 Å². The molecule has 1 rings (SSSR count). The van der Waals surface area contributed by atoms with Crippen molar-refractivity contribution in [2.24, 2.45) is 0 Å². The number of aromatic nitrogens is 3. The second-order valence-electron chi connectivity index (χ2n) is 4.16. The van der Waals surface area contributed by atoms with Crippen LogP contribution in [0.3, 0.4) is 0 Å². The summed E-state index contributed by atoms with van der Waals surface area (Å²) in [5.74, 6) is 2.01. The second-order valence-corrected chi connectivity index (χ2v) is 4.16. The van der Waals surface area contributed by atoms with Crippen LogP contribution in [0.15, 0.2) is 0 Å². The second kappa shape index (κ2) is 4.55. The van der Waals surface area contributed by atoms with Gasteiger partial charge in [0.2, 0.25) is 0 Å². The molecule has 4 nitrogen and oxygen atoms in total. The molecule has 1 N–H and O–H groups in total. The molecule has 0 aliphatic rings. The van der Waals surface area contributed by atoms with Gasteiger partial charge in [-0.05, 0) is 20.8 Å². The van der Waals surface area contributed by atoms with Crippen molar-refractivity contribution in [2.75, 3.05) is 0 Å². The van der Waals surface area contributed by atoms with Crippen molar-refractivity contribution < 1.29 is 0 Å². The number of nitrogens with one attached hydrogen (secondary N) is 1. The summed E-state index contributed by atoms with van der Waals surface area (Å²) in [6, 6.07) is 0.904. The molecule has 0 saturated heterocycles. The third-order valence-electron chi connectivity index (χ3n) is 2.12.